The number of hydrogen-bond acceptors (Lipinski definition) is 3. The fraction of sp³-hybridized carbons (Fsp3) is 0.471. The van der Waals surface area contributed by atoms with Crippen molar-refractivity contribution in [1.29, 1.82) is 0 Å². The number of rotatable bonds is 6. The highest BCUT2D eigenvalue weighted by Gasteiger charge is 2.22. The molecular weight excluding hydrogens is 278 g/mol. The second-order valence-corrected chi connectivity index (χ2v) is 7.19. The van der Waals surface area contributed by atoms with Gasteiger partial charge >= 0.3 is 0 Å². The van der Waals surface area contributed by atoms with E-state index in [0.717, 1.165) is 25.3 Å². The largest absolute Gasteiger partial charge is 0.337 e. The van der Waals surface area contributed by atoms with Crippen LogP contribution in [0.2, 0.25) is 0 Å². The zero-order chi connectivity index (χ0) is 14.7. The number of nitrogens with zero attached hydrogens (tertiary/aromatic N) is 2. The Morgan fingerprint density at radius 3 is 3.10 bits per heavy atom. The maximum atomic E-state index is 4.50. The normalized spacial score (nSPS) is 17.4. The van der Waals surface area contributed by atoms with Crippen molar-refractivity contribution in [2.45, 2.75) is 37.8 Å². The van der Waals surface area contributed by atoms with Crippen molar-refractivity contribution >= 4 is 11.8 Å². The van der Waals surface area contributed by atoms with Gasteiger partial charge in [-0.15, -0.1) is 11.8 Å². The van der Waals surface area contributed by atoms with Crippen LogP contribution >= 0.6 is 11.8 Å². The van der Waals surface area contributed by atoms with E-state index in [0.29, 0.717) is 11.8 Å². The average Bonchev–Trinajstić information content (AvgIpc) is 3.07. The van der Waals surface area contributed by atoms with Gasteiger partial charge in [-0.05, 0) is 24.1 Å². The lowest BCUT2D eigenvalue weighted by atomic mass is 10.0. The molecule has 0 radical (unpaired) electrons. The molecule has 0 saturated heterocycles. The quantitative estimate of drug-likeness (QED) is 0.885. The van der Waals surface area contributed by atoms with Gasteiger partial charge < -0.3 is 9.88 Å². The molecule has 0 spiro atoms. The van der Waals surface area contributed by atoms with Crippen molar-refractivity contribution in [3.8, 4) is 0 Å². The first-order valence-electron chi connectivity index (χ1n) is 7.65. The molecule has 1 atom stereocenters. The summed E-state index contributed by atoms with van der Waals surface area (Å²) in [5.41, 5.74) is 2.63. The summed E-state index contributed by atoms with van der Waals surface area (Å²) in [5.74, 6) is 2.47. The van der Waals surface area contributed by atoms with E-state index in [9.17, 15) is 0 Å². The lowest BCUT2D eigenvalue weighted by Gasteiger charge is -2.11. The molecule has 3 rings (SSSR count). The van der Waals surface area contributed by atoms with E-state index in [2.05, 4.69) is 59.2 Å². The van der Waals surface area contributed by atoms with Crippen LogP contribution < -0.4 is 5.32 Å². The second kappa shape index (κ2) is 6.67. The van der Waals surface area contributed by atoms with Crippen molar-refractivity contribution in [2.75, 3.05) is 12.3 Å². The van der Waals surface area contributed by atoms with E-state index in [1.807, 2.05) is 18.1 Å². The number of imidazole rings is 1. The van der Waals surface area contributed by atoms with Gasteiger partial charge in [0.05, 0.1) is 12.0 Å². The summed E-state index contributed by atoms with van der Waals surface area (Å²) in [5, 5.41) is 3.44. The predicted octanol–water partition coefficient (Wildman–Crippen LogP) is 3.52. The molecule has 2 heterocycles. The minimum atomic E-state index is 0.608. The van der Waals surface area contributed by atoms with Crippen LogP contribution in [-0.2, 0) is 13.1 Å². The van der Waals surface area contributed by atoms with Gasteiger partial charge in [0.2, 0.25) is 0 Å². The molecule has 1 aromatic heterocycles. The topological polar surface area (TPSA) is 29.9 Å². The SMILES string of the molecule is CC(C)CNCc1cn(CC2CSc3ccccc32)cn1. The molecule has 2 aromatic rings. The smallest absolute Gasteiger partial charge is 0.0950 e. The first kappa shape index (κ1) is 14.7. The molecule has 0 bridgehead atoms. The van der Waals surface area contributed by atoms with Crippen LogP contribution in [0.1, 0.15) is 31.0 Å². The Labute approximate surface area is 131 Å². The molecule has 0 fully saturated rings. The zero-order valence-corrected chi connectivity index (χ0v) is 13.6. The van der Waals surface area contributed by atoms with Gasteiger partial charge in [-0.1, -0.05) is 32.0 Å². The van der Waals surface area contributed by atoms with Gasteiger partial charge in [0.15, 0.2) is 0 Å². The summed E-state index contributed by atoms with van der Waals surface area (Å²) >= 11 is 1.97. The molecule has 112 valence electrons. The molecule has 1 aliphatic heterocycles. The van der Waals surface area contributed by atoms with E-state index in [1.165, 1.54) is 16.2 Å². The van der Waals surface area contributed by atoms with Crippen LogP contribution in [0.4, 0.5) is 0 Å². The number of nitrogens with one attached hydrogen (secondary N) is 1. The van der Waals surface area contributed by atoms with Crippen LogP contribution in [0, 0.1) is 5.92 Å². The third-order valence-electron chi connectivity index (χ3n) is 3.78. The molecule has 1 aromatic carbocycles. The van der Waals surface area contributed by atoms with E-state index in [-0.39, 0.29) is 0 Å². The molecule has 1 aliphatic rings. The lowest BCUT2D eigenvalue weighted by Crippen LogP contribution is -2.19. The minimum absolute atomic E-state index is 0.608. The maximum absolute atomic E-state index is 4.50. The standard InChI is InChI=1S/C17H23N3S/c1-13(2)7-18-8-15-10-20(12-19-15)9-14-11-21-17-6-4-3-5-16(14)17/h3-6,10,12-14,18H,7-9,11H2,1-2H3. The number of thioether (sulfide) groups is 1. The third kappa shape index (κ3) is 3.69. The van der Waals surface area contributed by atoms with Gasteiger partial charge in [0.25, 0.3) is 0 Å². The zero-order valence-electron chi connectivity index (χ0n) is 12.7. The molecule has 21 heavy (non-hydrogen) atoms. The second-order valence-electron chi connectivity index (χ2n) is 6.13. The molecular formula is C17H23N3S. The van der Waals surface area contributed by atoms with Gasteiger partial charge in [-0.3, -0.25) is 0 Å². The first-order valence-corrected chi connectivity index (χ1v) is 8.64. The monoisotopic (exact) mass is 301 g/mol. The highest BCUT2D eigenvalue weighted by Crippen LogP contribution is 2.39. The van der Waals surface area contributed by atoms with E-state index < -0.39 is 0 Å². The Hall–Kier alpha value is -1.26. The molecule has 0 amide bonds. The summed E-state index contributed by atoms with van der Waals surface area (Å²) in [6, 6.07) is 8.77. The molecule has 1 unspecified atom stereocenters. The first-order chi connectivity index (χ1) is 10.2. The molecule has 0 aliphatic carbocycles. The Morgan fingerprint density at radius 1 is 1.38 bits per heavy atom. The third-order valence-corrected chi connectivity index (χ3v) is 5.03. The molecule has 0 saturated carbocycles. The lowest BCUT2D eigenvalue weighted by molar-refractivity contribution is 0.548. The van der Waals surface area contributed by atoms with E-state index in [1.54, 1.807) is 0 Å². The molecule has 3 nitrogen and oxygen atoms in total. The summed E-state index contributed by atoms with van der Waals surface area (Å²) < 4.78 is 2.24. The van der Waals surface area contributed by atoms with Crippen LogP contribution in [-0.4, -0.2) is 21.8 Å². The van der Waals surface area contributed by atoms with Crippen molar-refractivity contribution in [2.24, 2.45) is 5.92 Å². The number of fused-ring (bicyclic) bond motifs is 1. The van der Waals surface area contributed by atoms with E-state index in [4.69, 9.17) is 0 Å². The Morgan fingerprint density at radius 2 is 2.24 bits per heavy atom. The number of benzene rings is 1. The molecule has 1 N–H and O–H groups in total. The molecule has 4 heteroatoms. The van der Waals surface area contributed by atoms with Gasteiger partial charge in [0, 0.05) is 35.9 Å². The highest BCUT2D eigenvalue weighted by molar-refractivity contribution is 7.99. The summed E-state index contributed by atoms with van der Waals surface area (Å²) in [6.45, 7) is 7.38. The van der Waals surface area contributed by atoms with Crippen molar-refractivity contribution in [1.82, 2.24) is 14.9 Å². The fourth-order valence-electron chi connectivity index (χ4n) is 2.72. The number of aromatic nitrogens is 2. The van der Waals surface area contributed by atoms with Gasteiger partial charge in [-0.2, -0.15) is 0 Å². The Bertz CT molecular complexity index is 591. The minimum Gasteiger partial charge on any atom is -0.337 e. The van der Waals surface area contributed by atoms with Gasteiger partial charge in [0.1, 0.15) is 0 Å². The Kier molecular flexibility index (Phi) is 4.66. The fourth-order valence-corrected chi connectivity index (χ4v) is 3.96. The van der Waals surface area contributed by atoms with Crippen LogP contribution in [0.5, 0.6) is 0 Å². The summed E-state index contributed by atoms with van der Waals surface area (Å²) in [4.78, 5) is 5.95. The summed E-state index contributed by atoms with van der Waals surface area (Å²) in [6.07, 6.45) is 4.15. The predicted molar refractivity (Wildman–Crippen MR) is 88.7 cm³/mol. The average molecular weight is 301 g/mol. The van der Waals surface area contributed by atoms with E-state index >= 15 is 0 Å². The Balaban J connectivity index is 1.58. The van der Waals surface area contributed by atoms with Crippen molar-refractivity contribution in [3.05, 3.63) is 48.0 Å². The van der Waals surface area contributed by atoms with Crippen LogP contribution in [0.15, 0.2) is 41.7 Å². The van der Waals surface area contributed by atoms with Crippen LogP contribution in [0.3, 0.4) is 0 Å². The van der Waals surface area contributed by atoms with Crippen LogP contribution in [0.25, 0.3) is 0 Å². The highest BCUT2D eigenvalue weighted by atomic mass is 32.2. The maximum Gasteiger partial charge on any atom is 0.0950 e. The summed E-state index contributed by atoms with van der Waals surface area (Å²) in [7, 11) is 0. The van der Waals surface area contributed by atoms with Gasteiger partial charge in [-0.25, -0.2) is 4.98 Å². The van der Waals surface area contributed by atoms with Crippen molar-refractivity contribution < 1.29 is 0 Å². The van der Waals surface area contributed by atoms with Crippen molar-refractivity contribution in [3.63, 3.8) is 0 Å². The number of hydrogen-bond donors (Lipinski definition) is 1.